The lowest BCUT2D eigenvalue weighted by Gasteiger charge is -2.06. The van der Waals surface area contributed by atoms with Crippen molar-refractivity contribution in [3.63, 3.8) is 0 Å². The average Bonchev–Trinajstić information content (AvgIpc) is 2.94. The molecule has 0 aliphatic rings. The molecule has 0 bridgehead atoms. The summed E-state index contributed by atoms with van der Waals surface area (Å²) >= 11 is 0. The van der Waals surface area contributed by atoms with E-state index in [0.29, 0.717) is 11.1 Å². The van der Waals surface area contributed by atoms with Crippen molar-refractivity contribution in [1.29, 1.82) is 0 Å². The van der Waals surface area contributed by atoms with Gasteiger partial charge in [-0.05, 0) is 32.4 Å². The van der Waals surface area contributed by atoms with Crippen LogP contribution in [0.25, 0.3) is 0 Å². The van der Waals surface area contributed by atoms with E-state index in [2.05, 4.69) is 4.98 Å². The molecule has 114 valence electrons. The Kier molecular flexibility index (Phi) is 4.56. The molecular formula is C17H17NO4. The van der Waals surface area contributed by atoms with Crippen LogP contribution in [0.15, 0.2) is 30.5 Å². The smallest absolute Gasteiger partial charge is 0.355 e. The predicted octanol–water partition coefficient (Wildman–Crippen LogP) is 2.87. The number of aromatic amines is 1. The molecule has 22 heavy (non-hydrogen) atoms. The third kappa shape index (κ3) is 3.49. The van der Waals surface area contributed by atoms with Crippen LogP contribution >= 0.6 is 0 Å². The van der Waals surface area contributed by atoms with Crippen LogP contribution in [-0.2, 0) is 4.74 Å². The number of rotatable bonds is 5. The number of hydrogen-bond acceptors (Lipinski definition) is 4. The second-order valence-corrected chi connectivity index (χ2v) is 5.18. The molecule has 1 heterocycles. The van der Waals surface area contributed by atoms with Gasteiger partial charge in [-0.25, -0.2) is 4.79 Å². The van der Waals surface area contributed by atoms with Crippen molar-refractivity contribution in [3.05, 3.63) is 58.4 Å². The Hall–Kier alpha value is -2.69. The SMILES string of the molecule is CC(=O)c1c[nH]c(C(=O)OCC(=O)c2ccc(C)cc2C)c1. The highest BCUT2D eigenvalue weighted by Gasteiger charge is 2.15. The molecule has 0 aliphatic carbocycles. The zero-order valence-electron chi connectivity index (χ0n) is 12.7. The van der Waals surface area contributed by atoms with Crippen molar-refractivity contribution >= 4 is 17.5 Å². The maximum Gasteiger partial charge on any atom is 0.355 e. The largest absolute Gasteiger partial charge is 0.453 e. The number of esters is 1. The molecule has 0 radical (unpaired) electrons. The van der Waals surface area contributed by atoms with Crippen LogP contribution in [0.2, 0.25) is 0 Å². The Bertz CT molecular complexity index is 743. The van der Waals surface area contributed by atoms with Gasteiger partial charge < -0.3 is 9.72 Å². The molecule has 0 saturated carbocycles. The summed E-state index contributed by atoms with van der Waals surface area (Å²) in [6, 6.07) is 6.88. The molecule has 1 N–H and O–H groups in total. The van der Waals surface area contributed by atoms with E-state index in [-0.39, 0.29) is 23.9 Å². The second kappa shape index (κ2) is 6.39. The van der Waals surface area contributed by atoms with Crippen LogP contribution in [0.3, 0.4) is 0 Å². The van der Waals surface area contributed by atoms with E-state index < -0.39 is 5.97 Å². The first-order valence-electron chi connectivity index (χ1n) is 6.85. The average molecular weight is 299 g/mol. The number of carbonyl (C=O) groups is 3. The fourth-order valence-electron chi connectivity index (χ4n) is 2.13. The molecule has 2 aromatic rings. The molecule has 2 rings (SSSR count). The molecule has 1 aromatic heterocycles. The van der Waals surface area contributed by atoms with Crippen molar-refractivity contribution in [2.24, 2.45) is 0 Å². The van der Waals surface area contributed by atoms with E-state index in [1.165, 1.54) is 19.2 Å². The third-order valence-electron chi connectivity index (χ3n) is 3.33. The Labute approximate surface area is 128 Å². The third-order valence-corrected chi connectivity index (χ3v) is 3.33. The molecule has 1 aromatic carbocycles. The van der Waals surface area contributed by atoms with Crippen LogP contribution in [0, 0.1) is 13.8 Å². The van der Waals surface area contributed by atoms with Gasteiger partial charge in [0, 0.05) is 17.3 Å². The van der Waals surface area contributed by atoms with Crippen LogP contribution in [-0.4, -0.2) is 29.1 Å². The molecule has 0 amide bonds. The highest BCUT2D eigenvalue weighted by Crippen LogP contribution is 2.12. The summed E-state index contributed by atoms with van der Waals surface area (Å²) in [4.78, 5) is 37.8. The summed E-state index contributed by atoms with van der Waals surface area (Å²) in [5, 5.41) is 0. The Balaban J connectivity index is 2.01. The monoisotopic (exact) mass is 299 g/mol. The quantitative estimate of drug-likeness (QED) is 0.680. The lowest BCUT2D eigenvalue weighted by molar-refractivity contribution is 0.0469. The number of nitrogens with one attached hydrogen (secondary N) is 1. The molecule has 0 aliphatic heterocycles. The summed E-state index contributed by atoms with van der Waals surface area (Å²) in [5.74, 6) is -1.07. The molecule has 0 spiro atoms. The Morgan fingerprint density at radius 2 is 1.86 bits per heavy atom. The predicted molar refractivity (Wildman–Crippen MR) is 81.3 cm³/mol. The summed E-state index contributed by atoms with van der Waals surface area (Å²) in [6.45, 7) is 4.85. The normalized spacial score (nSPS) is 10.3. The van der Waals surface area contributed by atoms with Gasteiger partial charge in [0.05, 0.1) is 0 Å². The molecule has 5 heteroatoms. The summed E-state index contributed by atoms with van der Waals surface area (Å²) in [6.07, 6.45) is 1.44. The van der Waals surface area contributed by atoms with E-state index in [9.17, 15) is 14.4 Å². The van der Waals surface area contributed by atoms with Gasteiger partial charge in [-0.1, -0.05) is 23.8 Å². The Morgan fingerprint density at radius 3 is 2.45 bits per heavy atom. The maximum atomic E-state index is 12.1. The molecule has 0 atom stereocenters. The van der Waals surface area contributed by atoms with E-state index in [1.54, 1.807) is 6.07 Å². The van der Waals surface area contributed by atoms with Crippen molar-refractivity contribution in [2.75, 3.05) is 6.61 Å². The van der Waals surface area contributed by atoms with Gasteiger partial charge in [-0.15, -0.1) is 0 Å². The number of Topliss-reactive ketones (excluding diaryl/α,β-unsaturated/α-hetero) is 2. The number of aryl methyl sites for hydroxylation is 2. The van der Waals surface area contributed by atoms with Gasteiger partial charge in [-0.2, -0.15) is 0 Å². The number of ketones is 2. The van der Waals surface area contributed by atoms with Gasteiger partial charge in [0.1, 0.15) is 5.69 Å². The van der Waals surface area contributed by atoms with Crippen molar-refractivity contribution in [2.45, 2.75) is 20.8 Å². The summed E-state index contributed by atoms with van der Waals surface area (Å²) < 4.78 is 4.99. The van der Waals surface area contributed by atoms with E-state index >= 15 is 0 Å². The topological polar surface area (TPSA) is 76.2 Å². The molecule has 5 nitrogen and oxygen atoms in total. The lowest BCUT2D eigenvalue weighted by atomic mass is 10.0. The molecular weight excluding hydrogens is 282 g/mol. The number of H-pyrrole nitrogens is 1. The van der Waals surface area contributed by atoms with Gasteiger partial charge >= 0.3 is 5.97 Å². The second-order valence-electron chi connectivity index (χ2n) is 5.18. The van der Waals surface area contributed by atoms with Crippen LogP contribution in [0.5, 0.6) is 0 Å². The first-order valence-corrected chi connectivity index (χ1v) is 6.85. The van der Waals surface area contributed by atoms with E-state index in [1.807, 2.05) is 26.0 Å². The van der Waals surface area contributed by atoms with Crippen LogP contribution < -0.4 is 0 Å². The molecule has 0 fully saturated rings. The Morgan fingerprint density at radius 1 is 1.14 bits per heavy atom. The van der Waals surface area contributed by atoms with Gasteiger partial charge in [-0.3, -0.25) is 9.59 Å². The number of carbonyl (C=O) groups excluding carboxylic acids is 3. The number of hydrogen-bond donors (Lipinski definition) is 1. The van der Waals surface area contributed by atoms with Crippen molar-refractivity contribution in [3.8, 4) is 0 Å². The standard InChI is InChI=1S/C17H17NO4/c1-10-4-5-14(11(2)6-10)16(20)9-22-17(21)15-7-13(8-18-15)12(3)19/h4-8,18H,9H2,1-3H3. The minimum Gasteiger partial charge on any atom is -0.453 e. The zero-order chi connectivity index (χ0) is 16.3. The van der Waals surface area contributed by atoms with Crippen LogP contribution in [0.1, 0.15) is 49.3 Å². The number of ether oxygens (including phenoxy) is 1. The fraction of sp³-hybridized carbons (Fsp3) is 0.235. The lowest BCUT2D eigenvalue weighted by Crippen LogP contribution is -2.15. The van der Waals surface area contributed by atoms with Crippen molar-refractivity contribution < 1.29 is 19.1 Å². The summed E-state index contributed by atoms with van der Waals surface area (Å²) in [5.41, 5.74) is 2.99. The molecule has 0 unspecified atom stereocenters. The highest BCUT2D eigenvalue weighted by atomic mass is 16.5. The van der Waals surface area contributed by atoms with Gasteiger partial charge in [0.2, 0.25) is 5.78 Å². The summed E-state index contributed by atoms with van der Waals surface area (Å²) in [7, 11) is 0. The van der Waals surface area contributed by atoms with Crippen molar-refractivity contribution in [1.82, 2.24) is 4.98 Å². The van der Waals surface area contributed by atoms with Gasteiger partial charge in [0.15, 0.2) is 12.4 Å². The van der Waals surface area contributed by atoms with E-state index in [4.69, 9.17) is 4.74 Å². The van der Waals surface area contributed by atoms with Gasteiger partial charge in [0.25, 0.3) is 0 Å². The minimum atomic E-state index is -0.661. The minimum absolute atomic E-state index is 0.151. The number of aromatic nitrogens is 1. The highest BCUT2D eigenvalue weighted by molar-refractivity contribution is 6.01. The maximum absolute atomic E-state index is 12.1. The fourth-order valence-corrected chi connectivity index (χ4v) is 2.13. The first-order chi connectivity index (χ1) is 10.4. The van der Waals surface area contributed by atoms with E-state index in [0.717, 1.165) is 11.1 Å². The zero-order valence-corrected chi connectivity index (χ0v) is 12.7. The van der Waals surface area contributed by atoms with Crippen LogP contribution in [0.4, 0.5) is 0 Å². The first kappa shape index (κ1) is 15.7. The number of benzene rings is 1. The molecule has 0 saturated heterocycles.